The summed E-state index contributed by atoms with van der Waals surface area (Å²) < 4.78 is 0. The van der Waals surface area contributed by atoms with Gasteiger partial charge in [-0.15, -0.1) is 0 Å². The van der Waals surface area contributed by atoms with Gasteiger partial charge in [-0.25, -0.2) is 0 Å². The first-order valence-corrected chi connectivity index (χ1v) is 11.9. The van der Waals surface area contributed by atoms with E-state index in [4.69, 9.17) is 0 Å². The maximum atomic E-state index is 13.1. The number of carbonyl (C=O) groups is 3. The third-order valence-corrected chi connectivity index (χ3v) is 7.12. The zero-order valence-electron chi connectivity index (χ0n) is 17.8. The molecule has 2 fully saturated rings. The fourth-order valence-corrected chi connectivity index (χ4v) is 5.35. The van der Waals surface area contributed by atoms with Gasteiger partial charge in [0, 0.05) is 13.1 Å². The number of rotatable bonds is 3. The van der Waals surface area contributed by atoms with Gasteiger partial charge < -0.3 is 4.90 Å². The molecule has 2 aliphatic heterocycles. The van der Waals surface area contributed by atoms with Crippen molar-refractivity contribution in [1.82, 2.24) is 9.80 Å². The van der Waals surface area contributed by atoms with Crippen molar-refractivity contribution in [2.24, 2.45) is 0 Å². The normalized spacial score (nSPS) is 18.7. The van der Waals surface area contributed by atoms with Crippen molar-refractivity contribution in [3.63, 3.8) is 0 Å². The number of carbonyl (C=O) groups excluding carboxylic acids is 3. The number of likely N-dealkylation sites (tertiary alicyclic amines) is 1. The summed E-state index contributed by atoms with van der Waals surface area (Å²) in [6.07, 6.45) is 6.00. The quantitative estimate of drug-likeness (QED) is 0.399. The van der Waals surface area contributed by atoms with Gasteiger partial charge in [0.25, 0.3) is 11.1 Å². The lowest BCUT2D eigenvalue weighted by Gasteiger charge is -2.22. The fraction of sp³-hybridized carbons (Fsp3) is 0.269. The maximum absolute atomic E-state index is 13.1. The molecule has 0 saturated carbocycles. The molecule has 3 aromatic rings. The second kappa shape index (κ2) is 8.79. The summed E-state index contributed by atoms with van der Waals surface area (Å²) >= 11 is 0.914. The largest absolute Gasteiger partial charge is 0.341 e. The minimum Gasteiger partial charge on any atom is -0.341 e. The van der Waals surface area contributed by atoms with Crippen LogP contribution in [0.25, 0.3) is 27.6 Å². The monoisotopic (exact) mass is 444 g/mol. The summed E-state index contributed by atoms with van der Waals surface area (Å²) in [6.45, 7) is 1.22. The van der Waals surface area contributed by atoms with Crippen molar-refractivity contribution in [2.45, 2.75) is 25.7 Å². The van der Waals surface area contributed by atoms with Crippen LogP contribution >= 0.6 is 11.8 Å². The third kappa shape index (κ3) is 3.91. The summed E-state index contributed by atoms with van der Waals surface area (Å²) in [5.74, 6) is -0.536. The molecule has 162 valence electrons. The van der Waals surface area contributed by atoms with E-state index in [0.29, 0.717) is 18.0 Å². The number of amides is 3. The van der Waals surface area contributed by atoms with Crippen LogP contribution in [0.4, 0.5) is 4.79 Å². The smallest absolute Gasteiger partial charge is 0.294 e. The Balaban J connectivity index is 1.47. The zero-order valence-corrected chi connectivity index (χ0v) is 18.6. The Labute approximate surface area is 191 Å². The summed E-state index contributed by atoms with van der Waals surface area (Å²) in [7, 11) is 0. The van der Waals surface area contributed by atoms with Crippen LogP contribution in [0, 0.1) is 0 Å². The molecule has 0 bridgehead atoms. The minimum absolute atomic E-state index is 0.147. The Bertz CT molecular complexity index is 1200. The predicted molar refractivity (Wildman–Crippen MR) is 129 cm³/mol. The summed E-state index contributed by atoms with van der Waals surface area (Å²) in [6, 6.07) is 18.2. The van der Waals surface area contributed by atoms with Gasteiger partial charge in [-0.3, -0.25) is 19.3 Å². The van der Waals surface area contributed by atoms with Crippen LogP contribution in [0.1, 0.15) is 31.2 Å². The van der Waals surface area contributed by atoms with Crippen molar-refractivity contribution >= 4 is 56.4 Å². The number of benzene rings is 3. The van der Waals surface area contributed by atoms with E-state index < -0.39 is 0 Å². The Morgan fingerprint density at radius 3 is 2.09 bits per heavy atom. The van der Waals surface area contributed by atoms with Crippen LogP contribution in [0.2, 0.25) is 0 Å². The maximum Gasteiger partial charge on any atom is 0.294 e. The van der Waals surface area contributed by atoms with Crippen molar-refractivity contribution in [3.05, 3.63) is 65.1 Å². The van der Waals surface area contributed by atoms with Crippen LogP contribution in [-0.4, -0.2) is 46.5 Å². The van der Waals surface area contributed by atoms with E-state index in [1.807, 2.05) is 54.6 Å². The molecule has 3 aromatic carbocycles. The van der Waals surface area contributed by atoms with Gasteiger partial charge in [0.05, 0.1) is 4.91 Å². The van der Waals surface area contributed by atoms with E-state index in [0.717, 1.165) is 69.5 Å². The number of hydrogen-bond acceptors (Lipinski definition) is 4. The van der Waals surface area contributed by atoms with E-state index in [-0.39, 0.29) is 23.6 Å². The van der Waals surface area contributed by atoms with Gasteiger partial charge in [-0.2, -0.15) is 0 Å². The summed E-state index contributed by atoms with van der Waals surface area (Å²) in [4.78, 5) is 41.8. The fourth-order valence-electron chi connectivity index (χ4n) is 4.53. The lowest BCUT2D eigenvalue weighted by molar-refractivity contribution is -0.135. The van der Waals surface area contributed by atoms with E-state index >= 15 is 0 Å². The Morgan fingerprint density at radius 2 is 1.47 bits per heavy atom. The van der Waals surface area contributed by atoms with E-state index in [1.54, 1.807) is 4.90 Å². The number of hydrogen-bond donors (Lipinski definition) is 0. The highest BCUT2D eigenvalue weighted by Gasteiger charge is 2.37. The zero-order chi connectivity index (χ0) is 22.1. The molecule has 2 aliphatic rings. The van der Waals surface area contributed by atoms with Gasteiger partial charge in [0.2, 0.25) is 5.91 Å². The van der Waals surface area contributed by atoms with Gasteiger partial charge in [-0.05, 0) is 63.9 Å². The average molecular weight is 445 g/mol. The molecule has 0 unspecified atom stereocenters. The molecule has 6 heteroatoms. The third-order valence-electron chi connectivity index (χ3n) is 6.21. The molecule has 5 rings (SSSR count). The molecule has 32 heavy (non-hydrogen) atoms. The van der Waals surface area contributed by atoms with Gasteiger partial charge in [-0.1, -0.05) is 61.4 Å². The lowest BCUT2D eigenvalue weighted by Crippen LogP contribution is -2.42. The van der Waals surface area contributed by atoms with Crippen molar-refractivity contribution in [2.75, 3.05) is 19.6 Å². The molecule has 3 amide bonds. The van der Waals surface area contributed by atoms with Crippen LogP contribution in [0.15, 0.2) is 59.5 Å². The highest BCUT2D eigenvalue weighted by Crippen LogP contribution is 2.36. The molecule has 2 saturated heterocycles. The Hall–Kier alpha value is -3.12. The van der Waals surface area contributed by atoms with Crippen LogP contribution in [0.3, 0.4) is 0 Å². The molecule has 0 radical (unpaired) electrons. The molecule has 0 spiro atoms. The van der Waals surface area contributed by atoms with Gasteiger partial charge >= 0.3 is 0 Å². The molecule has 2 heterocycles. The molecule has 0 atom stereocenters. The number of thioether (sulfide) groups is 1. The SMILES string of the molecule is O=C(CN1C(=O)SC(=Cc2c3ccccc3cc3ccccc23)C1=O)N1CCCCCC1. The second-order valence-corrected chi connectivity index (χ2v) is 9.29. The number of nitrogens with zero attached hydrogens (tertiary/aromatic N) is 2. The van der Waals surface area contributed by atoms with Crippen LogP contribution in [-0.2, 0) is 9.59 Å². The van der Waals surface area contributed by atoms with Gasteiger partial charge in [0.15, 0.2) is 0 Å². The van der Waals surface area contributed by atoms with Crippen molar-refractivity contribution in [1.29, 1.82) is 0 Å². The molecule has 0 N–H and O–H groups in total. The minimum atomic E-state index is -0.389. The topological polar surface area (TPSA) is 57.7 Å². The number of fused-ring (bicyclic) bond motifs is 2. The first-order valence-electron chi connectivity index (χ1n) is 11.1. The lowest BCUT2D eigenvalue weighted by atomic mass is 9.96. The summed E-state index contributed by atoms with van der Waals surface area (Å²) in [5, 5.41) is 3.83. The average Bonchev–Trinajstić information content (AvgIpc) is 2.99. The molecular weight excluding hydrogens is 420 g/mol. The van der Waals surface area contributed by atoms with Crippen molar-refractivity contribution < 1.29 is 14.4 Å². The molecule has 5 nitrogen and oxygen atoms in total. The highest BCUT2D eigenvalue weighted by atomic mass is 32.2. The van der Waals surface area contributed by atoms with Crippen molar-refractivity contribution in [3.8, 4) is 0 Å². The first kappa shape index (κ1) is 20.8. The molecule has 0 aliphatic carbocycles. The van der Waals surface area contributed by atoms with Gasteiger partial charge in [0.1, 0.15) is 6.54 Å². The first-order chi connectivity index (χ1) is 15.6. The second-order valence-electron chi connectivity index (χ2n) is 8.30. The van der Waals surface area contributed by atoms with Crippen LogP contribution < -0.4 is 0 Å². The Kier molecular flexibility index (Phi) is 5.70. The highest BCUT2D eigenvalue weighted by molar-refractivity contribution is 8.18. The standard InChI is InChI=1S/C26H24N2O3S/c29-24(27-13-7-1-2-8-14-27)17-28-25(30)23(32-26(28)31)16-22-20-11-5-3-9-18(20)15-19-10-4-6-12-21(19)22/h3-6,9-12,15-16H,1-2,7-8,13-14,17H2. The van der Waals surface area contributed by atoms with E-state index in [1.165, 1.54) is 0 Å². The summed E-state index contributed by atoms with van der Waals surface area (Å²) in [5.41, 5.74) is 0.919. The number of imide groups is 1. The van der Waals surface area contributed by atoms with E-state index in [9.17, 15) is 14.4 Å². The van der Waals surface area contributed by atoms with Crippen LogP contribution in [0.5, 0.6) is 0 Å². The predicted octanol–water partition coefficient (Wildman–Crippen LogP) is 5.43. The molecule has 0 aromatic heterocycles. The Morgan fingerprint density at radius 1 is 0.875 bits per heavy atom. The van der Waals surface area contributed by atoms with E-state index in [2.05, 4.69) is 6.07 Å². The molecular formula is C26H24N2O3S.